The molecule has 23 heavy (non-hydrogen) atoms. The zero-order valence-electron chi connectivity index (χ0n) is 13.6. The van der Waals surface area contributed by atoms with Crippen LogP contribution in [-0.2, 0) is 6.54 Å². The van der Waals surface area contributed by atoms with E-state index in [4.69, 9.17) is 0 Å². The van der Waals surface area contributed by atoms with Crippen LogP contribution in [-0.4, -0.2) is 34.3 Å². The Bertz CT molecular complexity index is 834. The molecule has 0 bridgehead atoms. The minimum Gasteiger partial charge on any atom is -0.321 e. The molecule has 1 amide bonds. The first-order valence-corrected chi connectivity index (χ1v) is 7.53. The predicted octanol–water partition coefficient (Wildman–Crippen LogP) is 2.96. The van der Waals surface area contributed by atoms with Crippen LogP contribution in [0.4, 0.5) is 5.69 Å². The van der Waals surface area contributed by atoms with E-state index < -0.39 is 0 Å². The van der Waals surface area contributed by atoms with Crippen molar-refractivity contribution in [2.75, 3.05) is 19.4 Å². The zero-order valence-corrected chi connectivity index (χ0v) is 13.6. The monoisotopic (exact) mass is 308 g/mol. The van der Waals surface area contributed by atoms with E-state index in [0.29, 0.717) is 12.2 Å². The van der Waals surface area contributed by atoms with Crippen molar-refractivity contribution in [1.82, 2.24) is 14.3 Å². The van der Waals surface area contributed by atoms with Gasteiger partial charge in [-0.25, -0.2) is 4.98 Å². The predicted molar refractivity (Wildman–Crippen MR) is 91.7 cm³/mol. The minimum atomic E-state index is -0.186. The third kappa shape index (κ3) is 3.24. The fraction of sp³-hybridized carbons (Fsp3) is 0.222. The summed E-state index contributed by atoms with van der Waals surface area (Å²) >= 11 is 0. The Morgan fingerprint density at radius 3 is 2.61 bits per heavy atom. The van der Waals surface area contributed by atoms with Crippen LogP contribution in [0.3, 0.4) is 0 Å². The van der Waals surface area contributed by atoms with Crippen molar-refractivity contribution in [3.8, 4) is 0 Å². The number of pyridine rings is 1. The van der Waals surface area contributed by atoms with Crippen molar-refractivity contribution >= 4 is 17.2 Å². The van der Waals surface area contributed by atoms with Crippen LogP contribution < -0.4 is 5.32 Å². The number of imidazole rings is 1. The highest BCUT2D eigenvalue weighted by Crippen LogP contribution is 2.17. The summed E-state index contributed by atoms with van der Waals surface area (Å²) in [6.07, 6.45) is 1.93. The van der Waals surface area contributed by atoms with Gasteiger partial charge < -0.3 is 14.6 Å². The molecule has 1 N–H and O–H groups in total. The summed E-state index contributed by atoms with van der Waals surface area (Å²) in [6, 6.07) is 13.5. The molecule has 0 fully saturated rings. The van der Waals surface area contributed by atoms with Crippen molar-refractivity contribution in [3.05, 3.63) is 65.6 Å². The standard InChI is InChI=1S/C18H20N4O/c1-13-7-9-14(10-8-13)19-18(23)17-15(12-21(2)3)22-11-5-4-6-16(22)20-17/h4-11H,12H2,1-3H3,(H,19,23). The highest BCUT2D eigenvalue weighted by Gasteiger charge is 2.19. The molecule has 0 saturated carbocycles. The number of nitrogens with one attached hydrogen (secondary N) is 1. The highest BCUT2D eigenvalue weighted by molar-refractivity contribution is 6.04. The van der Waals surface area contributed by atoms with E-state index in [9.17, 15) is 4.79 Å². The quantitative estimate of drug-likeness (QED) is 0.806. The van der Waals surface area contributed by atoms with Crippen LogP contribution in [0.25, 0.3) is 5.65 Å². The molecule has 0 aliphatic carbocycles. The molecule has 3 aromatic rings. The fourth-order valence-corrected chi connectivity index (χ4v) is 2.51. The van der Waals surface area contributed by atoms with E-state index in [1.165, 1.54) is 0 Å². The molecular formula is C18H20N4O. The number of fused-ring (bicyclic) bond motifs is 1. The number of carbonyl (C=O) groups excluding carboxylic acids is 1. The number of aromatic nitrogens is 2. The van der Waals surface area contributed by atoms with Crippen molar-refractivity contribution in [2.24, 2.45) is 0 Å². The summed E-state index contributed by atoms with van der Waals surface area (Å²) in [5, 5.41) is 2.93. The second-order valence-electron chi connectivity index (χ2n) is 5.89. The molecule has 2 aromatic heterocycles. The van der Waals surface area contributed by atoms with E-state index in [0.717, 1.165) is 22.6 Å². The van der Waals surface area contributed by atoms with Crippen LogP contribution >= 0.6 is 0 Å². The maximum atomic E-state index is 12.7. The van der Waals surface area contributed by atoms with Crippen molar-refractivity contribution in [3.63, 3.8) is 0 Å². The van der Waals surface area contributed by atoms with Gasteiger partial charge in [0.05, 0.1) is 5.69 Å². The average molecular weight is 308 g/mol. The van der Waals surface area contributed by atoms with Gasteiger partial charge in [0, 0.05) is 18.4 Å². The van der Waals surface area contributed by atoms with E-state index in [1.807, 2.05) is 79.0 Å². The second-order valence-corrected chi connectivity index (χ2v) is 5.89. The fourth-order valence-electron chi connectivity index (χ4n) is 2.51. The van der Waals surface area contributed by atoms with Crippen molar-refractivity contribution in [2.45, 2.75) is 13.5 Å². The van der Waals surface area contributed by atoms with Crippen molar-refractivity contribution in [1.29, 1.82) is 0 Å². The van der Waals surface area contributed by atoms with Gasteiger partial charge in [-0.2, -0.15) is 0 Å². The highest BCUT2D eigenvalue weighted by atomic mass is 16.1. The lowest BCUT2D eigenvalue weighted by atomic mass is 10.2. The van der Waals surface area contributed by atoms with Gasteiger partial charge in [-0.05, 0) is 45.3 Å². The molecule has 0 saturated heterocycles. The second kappa shape index (κ2) is 6.22. The van der Waals surface area contributed by atoms with E-state index in [1.54, 1.807) is 0 Å². The third-order valence-electron chi connectivity index (χ3n) is 3.62. The Morgan fingerprint density at radius 1 is 1.17 bits per heavy atom. The van der Waals surface area contributed by atoms with Crippen LogP contribution in [0, 0.1) is 6.92 Å². The van der Waals surface area contributed by atoms with Gasteiger partial charge in [-0.1, -0.05) is 23.8 Å². The van der Waals surface area contributed by atoms with E-state index in [-0.39, 0.29) is 5.91 Å². The maximum absolute atomic E-state index is 12.7. The minimum absolute atomic E-state index is 0.186. The lowest BCUT2D eigenvalue weighted by molar-refractivity contribution is 0.102. The first-order chi connectivity index (χ1) is 11.0. The number of hydrogen-bond acceptors (Lipinski definition) is 3. The van der Waals surface area contributed by atoms with Crippen LogP contribution in [0.1, 0.15) is 21.7 Å². The molecule has 1 aromatic carbocycles. The molecule has 0 aliphatic rings. The first-order valence-electron chi connectivity index (χ1n) is 7.53. The molecule has 3 rings (SSSR count). The molecule has 5 heteroatoms. The van der Waals surface area contributed by atoms with Gasteiger partial charge >= 0.3 is 0 Å². The van der Waals surface area contributed by atoms with E-state index >= 15 is 0 Å². The summed E-state index contributed by atoms with van der Waals surface area (Å²) in [5.41, 5.74) is 4.05. The number of nitrogens with zero attached hydrogens (tertiary/aromatic N) is 3. The van der Waals surface area contributed by atoms with Gasteiger partial charge in [0.2, 0.25) is 0 Å². The Labute approximate surface area is 135 Å². The third-order valence-corrected chi connectivity index (χ3v) is 3.62. The van der Waals surface area contributed by atoms with Crippen LogP contribution in [0.2, 0.25) is 0 Å². The Hall–Kier alpha value is -2.66. The molecule has 0 atom stereocenters. The Morgan fingerprint density at radius 2 is 1.91 bits per heavy atom. The normalized spacial score (nSPS) is 11.1. The lowest BCUT2D eigenvalue weighted by Crippen LogP contribution is -2.19. The first kappa shape index (κ1) is 15.2. The molecule has 0 aliphatic heterocycles. The van der Waals surface area contributed by atoms with Crippen LogP contribution in [0.15, 0.2) is 48.7 Å². The number of benzene rings is 1. The van der Waals surface area contributed by atoms with Gasteiger partial charge in [0.1, 0.15) is 5.65 Å². The van der Waals surface area contributed by atoms with Gasteiger partial charge in [0.15, 0.2) is 5.69 Å². The van der Waals surface area contributed by atoms with E-state index in [2.05, 4.69) is 10.3 Å². The zero-order chi connectivity index (χ0) is 16.4. The van der Waals surface area contributed by atoms with Crippen LogP contribution in [0.5, 0.6) is 0 Å². The number of carbonyl (C=O) groups is 1. The topological polar surface area (TPSA) is 49.6 Å². The summed E-state index contributed by atoms with van der Waals surface area (Å²) in [7, 11) is 3.95. The lowest BCUT2D eigenvalue weighted by Gasteiger charge is -2.11. The molecule has 118 valence electrons. The Kier molecular flexibility index (Phi) is 4.12. The smallest absolute Gasteiger partial charge is 0.276 e. The number of hydrogen-bond donors (Lipinski definition) is 1. The maximum Gasteiger partial charge on any atom is 0.276 e. The SMILES string of the molecule is Cc1ccc(NC(=O)c2nc3ccccn3c2CN(C)C)cc1. The number of amides is 1. The summed E-state index contributed by atoms with van der Waals surface area (Å²) in [4.78, 5) is 19.2. The molecular weight excluding hydrogens is 288 g/mol. The number of rotatable bonds is 4. The largest absolute Gasteiger partial charge is 0.321 e. The average Bonchev–Trinajstić information content (AvgIpc) is 2.88. The summed E-state index contributed by atoms with van der Waals surface area (Å²) in [6.45, 7) is 2.66. The van der Waals surface area contributed by atoms with Gasteiger partial charge in [-0.15, -0.1) is 0 Å². The number of aryl methyl sites for hydroxylation is 1. The summed E-state index contributed by atoms with van der Waals surface area (Å²) < 4.78 is 1.96. The number of anilines is 1. The van der Waals surface area contributed by atoms with Gasteiger partial charge in [-0.3, -0.25) is 4.79 Å². The molecule has 5 nitrogen and oxygen atoms in total. The van der Waals surface area contributed by atoms with Gasteiger partial charge in [0.25, 0.3) is 5.91 Å². The summed E-state index contributed by atoms with van der Waals surface area (Å²) in [5.74, 6) is -0.186. The van der Waals surface area contributed by atoms with Crippen molar-refractivity contribution < 1.29 is 4.79 Å². The molecule has 2 heterocycles. The molecule has 0 spiro atoms. The Balaban J connectivity index is 1.97. The molecule has 0 unspecified atom stereocenters. The molecule has 0 radical (unpaired) electrons.